The van der Waals surface area contributed by atoms with E-state index in [2.05, 4.69) is 41.7 Å². The summed E-state index contributed by atoms with van der Waals surface area (Å²) in [4.78, 5) is 12.6. The van der Waals surface area contributed by atoms with Crippen molar-refractivity contribution in [1.29, 1.82) is 0 Å². The van der Waals surface area contributed by atoms with Gasteiger partial charge in [-0.15, -0.1) is 0 Å². The van der Waals surface area contributed by atoms with Crippen LogP contribution in [0.15, 0.2) is 60.7 Å². The van der Waals surface area contributed by atoms with Crippen LogP contribution in [0.4, 0.5) is 0 Å². The van der Waals surface area contributed by atoms with Gasteiger partial charge in [-0.05, 0) is 54.3 Å². The van der Waals surface area contributed by atoms with Gasteiger partial charge in [0.05, 0.1) is 0 Å². The lowest BCUT2D eigenvalue weighted by molar-refractivity contribution is -0.128. The lowest BCUT2D eigenvalue weighted by atomic mass is 10.1. The highest BCUT2D eigenvalue weighted by molar-refractivity contribution is 5.84. The van der Waals surface area contributed by atoms with Crippen molar-refractivity contribution in [3.8, 4) is 5.75 Å². The Bertz CT molecular complexity index is 917. The molecule has 0 aromatic heterocycles. The maximum atomic E-state index is 12.6. The largest absolute Gasteiger partial charge is 0.480 e. The number of rotatable bonds is 6. The van der Waals surface area contributed by atoms with E-state index in [0.717, 1.165) is 16.9 Å². The summed E-state index contributed by atoms with van der Waals surface area (Å²) in [5.74, 6) is 0.684. The molecule has 0 spiro atoms. The highest BCUT2D eigenvalue weighted by Gasteiger charge is 2.18. The molecule has 1 amide bonds. The standard InChI is InChI=1S/C23H25NO2/c1-4-21(26-22-12-9-16(2)13-17(22)3)23(25)24-15-18-10-11-19-7-5-6-8-20(19)14-18/h5-14,21H,4,15H2,1-3H3,(H,24,25). The minimum atomic E-state index is -0.489. The van der Waals surface area contributed by atoms with E-state index in [0.29, 0.717) is 13.0 Å². The molecular formula is C23H25NO2. The number of carbonyl (C=O) groups is 1. The number of carbonyl (C=O) groups excluding carboxylic acids is 1. The van der Waals surface area contributed by atoms with E-state index >= 15 is 0 Å². The summed E-state index contributed by atoms with van der Waals surface area (Å²) in [5, 5.41) is 5.38. The number of aryl methyl sites for hydroxylation is 2. The average Bonchev–Trinajstić information content (AvgIpc) is 2.65. The molecule has 0 aliphatic heterocycles. The van der Waals surface area contributed by atoms with Crippen LogP contribution >= 0.6 is 0 Å². The number of fused-ring (bicyclic) bond motifs is 1. The molecule has 0 bridgehead atoms. The number of benzene rings is 3. The summed E-state index contributed by atoms with van der Waals surface area (Å²) in [6, 6.07) is 20.5. The van der Waals surface area contributed by atoms with E-state index in [4.69, 9.17) is 4.74 Å². The molecule has 134 valence electrons. The van der Waals surface area contributed by atoms with Crippen LogP contribution in [0.25, 0.3) is 10.8 Å². The van der Waals surface area contributed by atoms with E-state index in [1.165, 1.54) is 16.3 Å². The first-order chi connectivity index (χ1) is 12.6. The number of nitrogens with one attached hydrogen (secondary N) is 1. The van der Waals surface area contributed by atoms with E-state index in [1.807, 2.05) is 45.0 Å². The summed E-state index contributed by atoms with van der Waals surface area (Å²) in [7, 11) is 0. The lowest BCUT2D eigenvalue weighted by Gasteiger charge is -2.19. The molecule has 3 rings (SSSR count). The van der Waals surface area contributed by atoms with E-state index in [1.54, 1.807) is 0 Å². The fraction of sp³-hybridized carbons (Fsp3) is 0.261. The van der Waals surface area contributed by atoms with Gasteiger partial charge in [-0.2, -0.15) is 0 Å². The molecular weight excluding hydrogens is 322 g/mol. The van der Waals surface area contributed by atoms with E-state index in [9.17, 15) is 4.79 Å². The molecule has 0 heterocycles. The molecule has 26 heavy (non-hydrogen) atoms. The second-order valence-electron chi connectivity index (χ2n) is 6.68. The number of hydrogen-bond acceptors (Lipinski definition) is 2. The topological polar surface area (TPSA) is 38.3 Å². The summed E-state index contributed by atoms with van der Waals surface area (Å²) >= 11 is 0. The van der Waals surface area contributed by atoms with Gasteiger partial charge in [0.25, 0.3) is 5.91 Å². The maximum Gasteiger partial charge on any atom is 0.261 e. The van der Waals surface area contributed by atoms with Crippen molar-refractivity contribution in [3.05, 3.63) is 77.4 Å². The third-order valence-corrected chi connectivity index (χ3v) is 4.54. The van der Waals surface area contributed by atoms with Gasteiger partial charge in [0, 0.05) is 6.54 Å². The van der Waals surface area contributed by atoms with Crippen molar-refractivity contribution in [2.24, 2.45) is 0 Å². The van der Waals surface area contributed by atoms with Gasteiger partial charge < -0.3 is 10.1 Å². The SMILES string of the molecule is CCC(Oc1ccc(C)cc1C)C(=O)NCc1ccc2ccccc2c1. The Balaban J connectivity index is 1.64. The van der Waals surface area contributed by atoms with Crippen LogP contribution in [0, 0.1) is 13.8 Å². The molecule has 3 aromatic carbocycles. The summed E-state index contributed by atoms with van der Waals surface area (Å²) in [5.41, 5.74) is 3.31. The molecule has 0 fully saturated rings. The molecule has 0 saturated carbocycles. The predicted molar refractivity (Wildman–Crippen MR) is 106 cm³/mol. The van der Waals surface area contributed by atoms with Crippen molar-refractivity contribution in [2.45, 2.75) is 39.8 Å². The first-order valence-corrected chi connectivity index (χ1v) is 9.06. The highest BCUT2D eigenvalue weighted by atomic mass is 16.5. The third-order valence-electron chi connectivity index (χ3n) is 4.54. The zero-order chi connectivity index (χ0) is 18.5. The highest BCUT2D eigenvalue weighted by Crippen LogP contribution is 2.21. The Labute approximate surface area is 155 Å². The van der Waals surface area contributed by atoms with E-state index in [-0.39, 0.29) is 5.91 Å². The van der Waals surface area contributed by atoms with Crippen LogP contribution in [-0.2, 0) is 11.3 Å². The van der Waals surface area contributed by atoms with Gasteiger partial charge in [0.1, 0.15) is 5.75 Å². The fourth-order valence-electron chi connectivity index (χ4n) is 3.06. The van der Waals surface area contributed by atoms with Crippen LogP contribution in [0.1, 0.15) is 30.0 Å². The minimum absolute atomic E-state index is 0.0827. The lowest BCUT2D eigenvalue weighted by Crippen LogP contribution is -2.37. The predicted octanol–water partition coefficient (Wildman–Crippen LogP) is 4.93. The second kappa shape index (κ2) is 8.05. The summed E-state index contributed by atoms with van der Waals surface area (Å²) in [6.45, 7) is 6.51. The van der Waals surface area contributed by atoms with Crippen molar-refractivity contribution in [3.63, 3.8) is 0 Å². The van der Waals surface area contributed by atoms with E-state index < -0.39 is 6.10 Å². The zero-order valence-corrected chi connectivity index (χ0v) is 15.6. The molecule has 0 aliphatic carbocycles. The van der Waals surface area contributed by atoms with Gasteiger partial charge in [0.15, 0.2) is 6.10 Å². The molecule has 3 heteroatoms. The van der Waals surface area contributed by atoms with Crippen LogP contribution in [0.2, 0.25) is 0 Å². The normalized spacial score (nSPS) is 12.0. The summed E-state index contributed by atoms with van der Waals surface area (Å²) < 4.78 is 5.96. The van der Waals surface area contributed by atoms with Gasteiger partial charge in [-0.25, -0.2) is 0 Å². The second-order valence-corrected chi connectivity index (χ2v) is 6.68. The van der Waals surface area contributed by atoms with Crippen LogP contribution in [0.3, 0.4) is 0 Å². The molecule has 1 atom stereocenters. The van der Waals surface area contributed by atoms with Crippen LogP contribution in [-0.4, -0.2) is 12.0 Å². The fourth-order valence-corrected chi connectivity index (χ4v) is 3.06. The Morgan fingerprint density at radius 3 is 2.50 bits per heavy atom. The third kappa shape index (κ3) is 4.23. The van der Waals surface area contributed by atoms with Crippen molar-refractivity contribution < 1.29 is 9.53 Å². The van der Waals surface area contributed by atoms with Crippen LogP contribution in [0.5, 0.6) is 5.75 Å². The smallest absolute Gasteiger partial charge is 0.261 e. The Morgan fingerprint density at radius 1 is 1.00 bits per heavy atom. The Morgan fingerprint density at radius 2 is 1.77 bits per heavy atom. The van der Waals surface area contributed by atoms with Crippen LogP contribution < -0.4 is 10.1 Å². The number of ether oxygens (including phenoxy) is 1. The first kappa shape index (κ1) is 18.0. The van der Waals surface area contributed by atoms with Gasteiger partial charge >= 0.3 is 0 Å². The Kier molecular flexibility index (Phi) is 5.57. The van der Waals surface area contributed by atoms with Gasteiger partial charge in [-0.1, -0.05) is 61.0 Å². The number of amides is 1. The van der Waals surface area contributed by atoms with Gasteiger partial charge in [-0.3, -0.25) is 4.79 Å². The average molecular weight is 347 g/mol. The molecule has 0 saturated heterocycles. The quantitative estimate of drug-likeness (QED) is 0.686. The maximum absolute atomic E-state index is 12.6. The molecule has 0 radical (unpaired) electrons. The minimum Gasteiger partial charge on any atom is -0.480 e. The molecule has 1 unspecified atom stereocenters. The number of hydrogen-bond donors (Lipinski definition) is 1. The van der Waals surface area contributed by atoms with Crippen molar-refractivity contribution in [2.75, 3.05) is 0 Å². The van der Waals surface area contributed by atoms with Crippen molar-refractivity contribution >= 4 is 16.7 Å². The Hall–Kier alpha value is -2.81. The molecule has 0 aliphatic rings. The molecule has 1 N–H and O–H groups in total. The zero-order valence-electron chi connectivity index (χ0n) is 15.6. The molecule has 3 nitrogen and oxygen atoms in total. The first-order valence-electron chi connectivity index (χ1n) is 9.06. The van der Waals surface area contributed by atoms with Crippen molar-refractivity contribution in [1.82, 2.24) is 5.32 Å². The monoisotopic (exact) mass is 347 g/mol. The summed E-state index contributed by atoms with van der Waals surface area (Å²) in [6.07, 6.45) is 0.133. The molecule has 3 aromatic rings. The van der Waals surface area contributed by atoms with Gasteiger partial charge in [0.2, 0.25) is 0 Å².